The lowest BCUT2D eigenvalue weighted by Gasteiger charge is -2.30. The molecule has 1 fully saturated rings. The summed E-state index contributed by atoms with van der Waals surface area (Å²) in [6.45, 7) is 8.28. The maximum Gasteiger partial charge on any atom is 0.133 e. The van der Waals surface area contributed by atoms with Crippen LogP contribution in [0.5, 0.6) is 0 Å². The maximum atomic E-state index is 4.59. The molecule has 1 heterocycles. The van der Waals surface area contributed by atoms with Crippen LogP contribution in [-0.2, 0) is 0 Å². The van der Waals surface area contributed by atoms with Gasteiger partial charge in [-0.25, -0.2) is 9.97 Å². The van der Waals surface area contributed by atoms with Crippen molar-refractivity contribution in [2.45, 2.75) is 65.3 Å². The maximum absolute atomic E-state index is 4.59. The molecular formula is C20H27N3. The number of hydrogen-bond donors (Lipinski definition) is 1. The summed E-state index contributed by atoms with van der Waals surface area (Å²) in [5, 5.41) is 3.66. The normalized spacial score (nSPS) is 21.2. The summed E-state index contributed by atoms with van der Waals surface area (Å²) in [4.78, 5) is 9.03. The van der Waals surface area contributed by atoms with Crippen molar-refractivity contribution in [3.05, 3.63) is 52.5 Å². The molecule has 0 saturated heterocycles. The molecule has 1 N–H and O–H groups in total. The molecule has 23 heavy (non-hydrogen) atoms. The molecule has 0 amide bonds. The lowest BCUT2D eigenvalue weighted by Crippen LogP contribution is -2.26. The van der Waals surface area contributed by atoms with E-state index >= 15 is 0 Å². The number of hydrogen-bond acceptors (Lipinski definition) is 3. The van der Waals surface area contributed by atoms with Crippen LogP contribution in [0.15, 0.2) is 24.3 Å². The molecule has 0 aliphatic heterocycles. The minimum atomic E-state index is 0.532. The lowest BCUT2D eigenvalue weighted by molar-refractivity contribution is 0.411. The third kappa shape index (κ3) is 3.72. The first kappa shape index (κ1) is 16.0. The fourth-order valence-corrected chi connectivity index (χ4v) is 3.51. The van der Waals surface area contributed by atoms with Gasteiger partial charge in [-0.3, -0.25) is 0 Å². The van der Waals surface area contributed by atoms with Gasteiger partial charge in [0.05, 0.1) is 0 Å². The Balaban J connectivity index is 1.62. The van der Waals surface area contributed by atoms with Gasteiger partial charge in [-0.1, -0.05) is 29.8 Å². The highest BCUT2D eigenvalue weighted by atomic mass is 15.1. The Morgan fingerprint density at radius 1 is 0.870 bits per heavy atom. The number of benzene rings is 1. The molecular weight excluding hydrogens is 282 g/mol. The number of aromatic nitrogens is 2. The fourth-order valence-electron chi connectivity index (χ4n) is 3.51. The quantitative estimate of drug-likeness (QED) is 0.881. The molecule has 1 aromatic carbocycles. The van der Waals surface area contributed by atoms with Gasteiger partial charge in [0.2, 0.25) is 0 Å². The van der Waals surface area contributed by atoms with Gasteiger partial charge >= 0.3 is 0 Å². The number of anilines is 1. The topological polar surface area (TPSA) is 37.8 Å². The van der Waals surface area contributed by atoms with Crippen molar-refractivity contribution >= 4 is 5.82 Å². The SMILES string of the molecule is Cc1ccc(C2CCC(Nc3nc(C)nc(C)c3C)CC2)cc1. The van der Waals surface area contributed by atoms with E-state index in [9.17, 15) is 0 Å². The highest BCUT2D eigenvalue weighted by molar-refractivity contribution is 5.46. The highest BCUT2D eigenvalue weighted by Gasteiger charge is 2.23. The molecule has 3 nitrogen and oxygen atoms in total. The molecule has 0 atom stereocenters. The van der Waals surface area contributed by atoms with E-state index in [1.807, 2.05) is 6.92 Å². The van der Waals surface area contributed by atoms with E-state index in [0.29, 0.717) is 12.0 Å². The van der Waals surface area contributed by atoms with Gasteiger partial charge in [-0.2, -0.15) is 0 Å². The van der Waals surface area contributed by atoms with Crippen LogP contribution in [0.1, 0.15) is 59.8 Å². The van der Waals surface area contributed by atoms with Crippen molar-refractivity contribution in [2.24, 2.45) is 0 Å². The first-order valence-electron chi connectivity index (χ1n) is 8.68. The molecule has 1 aliphatic carbocycles. The number of aryl methyl sites for hydroxylation is 3. The first-order valence-corrected chi connectivity index (χ1v) is 8.68. The number of nitrogens with zero attached hydrogens (tertiary/aromatic N) is 2. The molecule has 3 rings (SSSR count). The molecule has 3 heteroatoms. The van der Waals surface area contributed by atoms with Gasteiger partial charge in [-0.15, -0.1) is 0 Å². The zero-order valence-corrected chi connectivity index (χ0v) is 14.7. The van der Waals surface area contributed by atoms with Crippen molar-refractivity contribution in [1.29, 1.82) is 0 Å². The second-order valence-electron chi connectivity index (χ2n) is 6.93. The zero-order chi connectivity index (χ0) is 16.4. The van der Waals surface area contributed by atoms with Crippen LogP contribution >= 0.6 is 0 Å². The van der Waals surface area contributed by atoms with Crippen LogP contribution in [0.3, 0.4) is 0 Å². The first-order chi connectivity index (χ1) is 11.0. The molecule has 2 aromatic rings. The average molecular weight is 309 g/mol. The monoisotopic (exact) mass is 309 g/mol. The van der Waals surface area contributed by atoms with Crippen molar-refractivity contribution in [3.63, 3.8) is 0 Å². The Bertz CT molecular complexity index is 668. The van der Waals surface area contributed by atoms with E-state index in [0.717, 1.165) is 17.3 Å². The van der Waals surface area contributed by atoms with E-state index in [2.05, 4.69) is 60.3 Å². The van der Waals surface area contributed by atoms with Crippen molar-refractivity contribution < 1.29 is 0 Å². The van der Waals surface area contributed by atoms with Gasteiger partial charge in [0.25, 0.3) is 0 Å². The van der Waals surface area contributed by atoms with E-state index in [1.54, 1.807) is 0 Å². The van der Waals surface area contributed by atoms with Crippen molar-refractivity contribution in [1.82, 2.24) is 9.97 Å². The molecule has 1 aliphatic rings. The van der Waals surface area contributed by atoms with E-state index in [-0.39, 0.29) is 0 Å². The van der Waals surface area contributed by atoms with E-state index in [1.165, 1.54) is 42.4 Å². The Morgan fingerprint density at radius 3 is 2.17 bits per heavy atom. The van der Waals surface area contributed by atoms with E-state index < -0.39 is 0 Å². The standard InChI is InChI=1S/C20H27N3/c1-13-5-7-17(8-6-13)18-9-11-19(12-10-18)23-20-14(2)15(3)21-16(4)22-20/h5-8,18-19H,9-12H2,1-4H3,(H,21,22,23). The molecule has 1 saturated carbocycles. The second-order valence-corrected chi connectivity index (χ2v) is 6.93. The van der Waals surface area contributed by atoms with Gasteiger partial charge in [-0.05, 0) is 64.9 Å². The molecule has 0 spiro atoms. The predicted molar refractivity (Wildman–Crippen MR) is 96.0 cm³/mol. The van der Waals surface area contributed by atoms with Crippen molar-refractivity contribution in [3.8, 4) is 0 Å². The molecule has 0 radical (unpaired) electrons. The van der Waals surface area contributed by atoms with Gasteiger partial charge < -0.3 is 5.32 Å². The number of rotatable bonds is 3. The van der Waals surface area contributed by atoms with Crippen molar-refractivity contribution in [2.75, 3.05) is 5.32 Å². The molecule has 1 aromatic heterocycles. The highest BCUT2D eigenvalue weighted by Crippen LogP contribution is 2.34. The predicted octanol–water partition coefficient (Wildman–Crippen LogP) is 4.85. The van der Waals surface area contributed by atoms with Crippen LogP contribution in [0.25, 0.3) is 0 Å². The van der Waals surface area contributed by atoms with Crippen LogP contribution in [0.4, 0.5) is 5.82 Å². The summed E-state index contributed by atoms with van der Waals surface area (Å²) in [5.74, 6) is 2.58. The van der Waals surface area contributed by atoms with E-state index in [4.69, 9.17) is 0 Å². The Hall–Kier alpha value is -1.90. The number of nitrogens with one attached hydrogen (secondary N) is 1. The molecule has 122 valence electrons. The minimum Gasteiger partial charge on any atom is -0.367 e. The average Bonchev–Trinajstić information content (AvgIpc) is 2.54. The Morgan fingerprint density at radius 2 is 1.52 bits per heavy atom. The van der Waals surface area contributed by atoms with Gasteiger partial charge in [0.15, 0.2) is 0 Å². The molecule has 0 bridgehead atoms. The Labute approximate surface area is 139 Å². The summed E-state index contributed by atoms with van der Waals surface area (Å²) < 4.78 is 0. The second kappa shape index (κ2) is 6.69. The fraction of sp³-hybridized carbons (Fsp3) is 0.500. The van der Waals surface area contributed by atoms with Crippen LogP contribution < -0.4 is 5.32 Å². The summed E-state index contributed by atoms with van der Waals surface area (Å²) in [6.07, 6.45) is 4.92. The lowest BCUT2D eigenvalue weighted by atomic mass is 9.81. The largest absolute Gasteiger partial charge is 0.367 e. The third-order valence-corrected chi connectivity index (χ3v) is 5.12. The molecule has 0 unspecified atom stereocenters. The van der Waals surface area contributed by atoms with Crippen LogP contribution in [0, 0.1) is 27.7 Å². The van der Waals surface area contributed by atoms with Gasteiger partial charge in [0, 0.05) is 17.3 Å². The zero-order valence-electron chi connectivity index (χ0n) is 14.7. The van der Waals surface area contributed by atoms with Crippen LogP contribution in [-0.4, -0.2) is 16.0 Å². The van der Waals surface area contributed by atoms with Gasteiger partial charge in [0.1, 0.15) is 11.6 Å². The minimum absolute atomic E-state index is 0.532. The van der Waals surface area contributed by atoms with Crippen LogP contribution in [0.2, 0.25) is 0 Å². The summed E-state index contributed by atoms with van der Waals surface area (Å²) in [7, 11) is 0. The Kier molecular flexibility index (Phi) is 4.65. The summed E-state index contributed by atoms with van der Waals surface area (Å²) >= 11 is 0. The smallest absolute Gasteiger partial charge is 0.133 e. The summed E-state index contributed by atoms with van der Waals surface area (Å²) in [6, 6.07) is 9.60. The third-order valence-electron chi connectivity index (χ3n) is 5.12. The summed E-state index contributed by atoms with van der Waals surface area (Å²) in [5.41, 5.74) is 5.10.